The highest BCUT2D eigenvalue weighted by molar-refractivity contribution is 5.88. The van der Waals surface area contributed by atoms with Crippen LogP contribution in [0.15, 0.2) is 36.5 Å². The van der Waals surface area contributed by atoms with Crippen molar-refractivity contribution in [3.8, 4) is 11.8 Å². The van der Waals surface area contributed by atoms with Crippen molar-refractivity contribution < 1.29 is 45.7 Å². The molecular weight excluding hydrogens is 598 g/mol. The second-order valence-corrected chi connectivity index (χ2v) is 9.80. The van der Waals surface area contributed by atoms with E-state index in [0.717, 1.165) is 23.1 Å². The number of nitriles is 1. The third-order valence-corrected chi connectivity index (χ3v) is 6.83. The monoisotopic (exact) mass is 624 g/mol. The number of pyridine rings is 1. The minimum atomic E-state index is -4.80. The summed E-state index contributed by atoms with van der Waals surface area (Å²) in [4.78, 5) is 25.4. The molecule has 0 radical (unpaired) electrons. The van der Waals surface area contributed by atoms with E-state index in [-0.39, 0.29) is 66.0 Å². The van der Waals surface area contributed by atoms with Gasteiger partial charge in [0, 0.05) is 19.6 Å². The number of halogens is 6. The standard InChI is InChI=1S/C28H26F6N6O4/c1-3-18-12-20(24-21(40(18)26(41)42)4-5-23(39-24)28(32,33)34)38-25-36-14-22(44-7-6-43-2)19(37-25)11-15-8-16(13-35)10-17(9-15)27(29,30)31/h4-5,8-10,14,18,20H,3,6-7,11-12H2,1-2H3,(H,41,42)(H,36,37,38)/t18-,20+/m1/s1. The van der Waals surface area contributed by atoms with Gasteiger partial charge in [0.2, 0.25) is 5.95 Å². The van der Waals surface area contributed by atoms with Gasteiger partial charge in [-0.15, -0.1) is 0 Å². The molecule has 0 spiro atoms. The van der Waals surface area contributed by atoms with Crippen molar-refractivity contribution in [3.05, 3.63) is 70.3 Å². The van der Waals surface area contributed by atoms with Crippen molar-refractivity contribution >= 4 is 17.7 Å². The number of ether oxygens (including phenoxy) is 2. The van der Waals surface area contributed by atoms with E-state index >= 15 is 0 Å². The minimum Gasteiger partial charge on any atom is -0.488 e. The summed E-state index contributed by atoms with van der Waals surface area (Å²) in [5.41, 5.74) is -2.47. The van der Waals surface area contributed by atoms with Crippen molar-refractivity contribution in [3.63, 3.8) is 0 Å². The molecule has 0 saturated heterocycles. The zero-order valence-electron chi connectivity index (χ0n) is 23.3. The molecule has 0 saturated carbocycles. The smallest absolute Gasteiger partial charge is 0.433 e. The van der Waals surface area contributed by atoms with Gasteiger partial charge < -0.3 is 19.9 Å². The van der Waals surface area contributed by atoms with Crippen molar-refractivity contribution in [1.29, 1.82) is 5.26 Å². The van der Waals surface area contributed by atoms with Crippen molar-refractivity contribution in [2.75, 3.05) is 30.5 Å². The normalized spacial score (nSPS) is 16.7. The van der Waals surface area contributed by atoms with Crippen LogP contribution in [0.5, 0.6) is 5.75 Å². The van der Waals surface area contributed by atoms with E-state index in [1.54, 1.807) is 13.0 Å². The maximum atomic E-state index is 13.5. The van der Waals surface area contributed by atoms with Crippen LogP contribution in [0.25, 0.3) is 0 Å². The lowest BCUT2D eigenvalue weighted by atomic mass is 9.93. The van der Waals surface area contributed by atoms with Crippen LogP contribution < -0.4 is 15.0 Å². The number of amides is 1. The first-order chi connectivity index (χ1) is 20.7. The molecule has 1 aliphatic heterocycles. The van der Waals surface area contributed by atoms with Gasteiger partial charge in [-0.3, -0.25) is 4.90 Å². The van der Waals surface area contributed by atoms with Gasteiger partial charge in [-0.2, -0.15) is 31.6 Å². The Kier molecular flexibility index (Phi) is 9.47. The molecule has 2 aromatic heterocycles. The molecule has 0 bridgehead atoms. The summed E-state index contributed by atoms with van der Waals surface area (Å²) < 4.78 is 91.8. The van der Waals surface area contributed by atoms with Crippen LogP contribution in [0.3, 0.4) is 0 Å². The number of nitrogens with zero attached hydrogens (tertiary/aromatic N) is 5. The molecule has 1 aromatic carbocycles. The van der Waals surface area contributed by atoms with Gasteiger partial charge in [0.05, 0.1) is 53.1 Å². The molecule has 2 N–H and O–H groups in total. The fourth-order valence-electron chi connectivity index (χ4n) is 4.84. The first-order valence-corrected chi connectivity index (χ1v) is 13.2. The Morgan fingerprint density at radius 3 is 2.50 bits per heavy atom. The van der Waals surface area contributed by atoms with Gasteiger partial charge in [-0.1, -0.05) is 6.92 Å². The molecule has 234 valence electrons. The first kappa shape index (κ1) is 32.3. The Labute approximate surface area is 247 Å². The summed E-state index contributed by atoms with van der Waals surface area (Å²) in [6.45, 7) is 1.95. The number of methoxy groups -OCH3 is 1. The molecule has 3 heterocycles. The van der Waals surface area contributed by atoms with Gasteiger partial charge in [-0.25, -0.2) is 19.7 Å². The fraction of sp³-hybridized carbons (Fsp3) is 0.393. The number of carboxylic acid groups (broad SMARTS) is 1. The molecule has 4 rings (SSSR count). The third kappa shape index (κ3) is 7.28. The Balaban J connectivity index is 1.75. The van der Waals surface area contributed by atoms with Crippen LogP contribution in [-0.4, -0.2) is 52.5 Å². The molecule has 2 atom stereocenters. The second-order valence-electron chi connectivity index (χ2n) is 9.80. The average molecular weight is 625 g/mol. The van der Waals surface area contributed by atoms with Crippen LogP contribution in [0.1, 0.15) is 59.6 Å². The molecule has 16 heteroatoms. The van der Waals surface area contributed by atoms with E-state index in [1.807, 2.05) is 0 Å². The number of rotatable bonds is 9. The Morgan fingerprint density at radius 1 is 1.14 bits per heavy atom. The number of benzene rings is 1. The van der Waals surface area contributed by atoms with Gasteiger partial charge in [-0.05, 0) is 48.7 Å². The zero-order valence-corrected chi connectivity index (χ0v) is 23.3. The Bertz CT molecular complexity index is 1560. The predicted molar refractivity (Wildman–Crippen MR) is 143 cm³/mol. The number of carbonyl (C=O) groups is 1. The molecule has 0 fully saturated rings. The van der Waals surface area contributed by atoms with Crippen LogP contribution in [-0.2, 0) is 23.5 Å². The lowest BCUT2D eigenvalue weighted by Crippen LogP contribution is -2.45. The van der Waals surface area contributed by atoms with E-state index in [0.29, 0.717) is 12.5 Å². The predicted octanol–water partition coefficient (Wildman–Crippen LogP) is 6.22. The summed E-state index contributed by atoms with van der Waals surface area (Å²) in [7, 11) is 1.44. The minimum absolute atomic E-state index is 0.0219. The zero-order chi connectivity index (χ0) is 32.2. The largest absolute Gasteiger partial charge is 0.488 e. The Hall–Kier alpha value is -4.65. The van der Waals surface area contributed by atoms with Crippen LogP contribution >= 0.6 is 0 Å². The quantitative estimate of drug-likeness (QED) is 0.210. The first-order valence-electron chi connectivity index (χ1n) is 13.2. The summed E-state index contributed by atoms with van der Waals surface area (Å²) >= 11 is 0. The number of fused-ring (bicyclic) bond motifs is 1. The van der Waals surface area contributed by atoms with Crippen LogP contribution in [0, 0.1) is 11.3 Å². The van der Waals surface area contributed by atoms with Gasteiger partial charge in [0.25, 0.3) is 0 Å². The summed E-state index contributed by atoms with van der Waals surface area (Å²) in [6.07, 6.45) is -9.48. The molecule has 1 amide bonds. The van der Waals surface area contributed by atoms with E-state index in [9.17, 15) is 41.5 Å². The van der Waals surface area contributed by atoms with Gasteiger partial charge >= 0.3 is 18.4 Å². The summed E-state index contributed by atoms with van der Waals surface area (Å²) in [6, 6.07) is 4.75. The van der Waals surface area contributed by atoms with E-state index in [4.69, 9.17) is 9.47 Å². The molecule has 0 unspecified atom stereocenters. The highest BCUT2D eigenvalue weighted by Gasteiger charge is 2.40. The third-order valence-electron chi connectivity index (χ3n) is 6.83. The highest BCUT2D eigenvalue weighted by Crippen LogP contribution is 2.41. The fourth-order valence-corrected chi connectivity index (χ4v) is 4.84. The Morgan fingerprint density at radius 2 is 1.89 bits per heavy atom. The molecule has 3 aromatic rings. The molecular formula is C28H26F6N6O4. The summed E-state index contributed by atoms with van der Waals surface area (Å²) in [5, 5.41) is 22.0. The number of anilines is 2. The lowest BCUT2D eigenvalue weighted by Gasteiger charge is -2.38. The summed E-state index contributed by atoms with van der Waals surface area (Å²) in [5.74, 6) is -0.00565. The maximum Gasteiger partial charge on any atom is 0.433 e. The topological polar surface area (TPSA) is 133 Å². The molecule has 44 heavy (non-hydrogen) atoms. The number of hydrogen-bond acceptors (Lipinski definition) is 8. The van der Waals surface area contributed by atoms with Crippen LogP contribution in [0.2, 0.25) is 0 Å². The number of nitrogens with one attached hydrogen (secondary N) is 1. The number of alkyl halides is 6. The van der Waals surface area contributed by atoms with E-state index in [2.05, 4.69) is 20.3 Å². The maximum absolute atomic E-state index is 13.5. The molecule has 10 nitrogen and oxygen atoms in total. The molecule has 0 aliphatic carbocycles. The second kappa shape index (κ2) is 12.9. The van der Waals surface area contributed by atoms with Crippen molar-refractivity contribution in [2.45, 2.75) is 50.6 Å². The van der Waals surface area contributed by atoms with Crippen molar-refractivity contribution in [2.24, 2.45) is 0 Å². The van der Waals surface area contributed by atoms with Gasteiger partial charge in [0.1, 0.15) is 12.3 Å². The van der Waals surface area contributed by atoms with Gasteiger partial charge in [0.15, 0.2) is 5.75 Å². The van der Waals surface area contributed by atoms with Crippen molar-refractivity contribution in [1.82, 2.24) is 15.0 Å². The molecule has 1 aliphatic rings. The average Bonchev–Trinajstić information content (AvgIpc) is 2.96. The SMILES string of the molecule is CC[C@@H]1C[C@H](Nc2ncc(OCCOC)c(Cc3cc(C#N)cc(C(F)(F)F)c3)n2)c2nc(C(F)(F)F)ccc2N1C(=O)O. The lowest BCUT2D eigenvalue weighted by molar-refractivity contribution is -0.141. The van der Waals surface area contributed by atoms with Crippen LogP contribution in [0.4, 0.5) is 42.8 Å². The number of aromatic nitrogens is 3. The highest BCUT2D eigenvalue weighted by atomic mass is 19.4. The van der Waals surface area contributed by atoms with E-state index < -0.39 is 41.8 Å². The number of hydrogen-bond donors (Lipinski definition) is 2. The van der Waals surface area contributed by atoms with E-state index in [1.165, 1.54) is 19.4 Å².